The maximum atomic E-state index is 12.9. The summed E-state index contributed by atoms with van der Waals surface area (Å²) in [7, 11) is 0. The van der Waals surface area contributed by atoms with Crippen molar-refractivity contribution in [1.29, 1.82) is 0 Å². The zero-order valence-electron chi connectivity index (χ0n) is 16.5. The highest BCUT2D eigenvalue weighted by atomic mass is 16.1. The van der Waals surface area contributed by atoms with Crippen LogP contribution in [0.15, 0.2) is 60.8 Å². The number of anilines is 3. The molecule has 29 heavy (non-hydrogen) atoms. The van der Waals surface area contributed by atoms with Gasteiger partial charge in [-0.2, -0.15) is 0 Å². The monoisotopic (exact) mass is 383 g/mol. The second kappa shape index (κ2) is 7.67. The van der Waals surface area contributed by atoms with Gasteiger partial charge in [0.25, 0.3) is 5.91 Å². The second-order valence-electron chi connectivity index (χ2n) is 6.91. The number of amides is 1. The molecule has 0 saturated heterocycles. The predicted octanol–water partition coefficient (Wildman–Crippen LogP) is 4.95. The number of pyridine rings is 1. The Bertz CT molecular complexity index is 1190. The largest absolute Gasteiger partial charge is 0.340 e. The Labute approximate surface area is 169 Å². The first-order valence-electron chi connectivity index (χ1n) is 9.35. The first kappa shape index (κ1) is 18.6. The number of nitrogens with zero attached hydrogens (tertiary/aromatic N) is 3. The molecule has 6 heteroatoms. The van der Waals surface area contributed by atoms with Crippen LogP contribution in [0, 0.1) is 20.8 Å². The summed E-state index contributed by atoms with van der Waals surface area (Å²) >= 11 is 0. The quantitative estimate of drug-likeness (QED) is 0.521. The van der Waals surface area contributed by atoms with Gasteiger partial charge in [-0.3, -0.25) is 9.78 Å². The van der Waals surface area contributed by atoms with E-state index >= 15 is 0 Å². The Morgan fingerprint density at radius 1 is 0.897 bits per heavy atom. The van der Waals surface area contributed by atoms with Crippen LogP contribution in [0.4, 0.5) is 17.2 Å². The minimum absolute atomic E-state index is 0.291. The highest BCUT2D eigenvalue weighted by Gasteiger charge is 2.14. The van der Waals surface area contributed by atoms with E-state index in [1.54, 1.807) is 19.2 Å². The van der Waals surface area contributed by atoms with Crippen molar-refractivity contribution in [3.05, 3.63) is 83.4 Å². The minimum atomic E-state index is -0.307. The number of carbonyl (C=O) groups is 1. The van der Waals surface area contributed by atoms with E-state index in [1.165, 1.54) is 0 Å². The molecule has 0 fully saturated rings. The number of rotatable bonds is 4. The van der Waals surface area contributed by atoms with Crippen LogP contribution >= 0.6 is 0 Å². The number of benzene rings is 2. The van der Waals surface area contributed by atoms with Crippen LogP contribution in [0.25, 0.3) is 10.9 Å². The smallest absolute Gasteiger partial charge is 0.274 e. The Kier molecular flexibility index (Phi) is 4.91. The van der Waals surface area contributed by atoms with Crippen LogP contribution in [0.5, 0.6) is 0 Å². The summed E-state index contributed by atoms with van der Waals surface area (Å²) in [5, 5.41) is 7.21. The van der Waals surface area contributed by atoms with Gasteiger partial charge in [0.15, 0.2) is 0 Å². The van der Waals surface area contributed by atoms with E-state index in [2.05, 4.69) is 25.6 Å². The van der Waals surface area contributed by atoms with Crippen molar-refractivity contribution in [3.63, 3.8) is 0 Å². The number of aromatic nitrogens is 3. The van der Waals surface area contributed by atoms with Crippen LogP contribution in [0.2, 0.25) is 0 Å². The molecule has 2 aromatic heterocycles. The normalized spacial score (nSPS) is 10.7. The lowest BCUT2D eigenvalue weighted by Crippen LogP contribution is -2.16. The van der Waals surface area contributed by atoms with Gasteiger partial charge in [-0.15, -0.1) is 0 Å². The van der Waals surface area contributed by atoms with Gasteiger partial charge in [-0.1, -0.05) is 36.4 Å². The lowest BCUT2D eigenvalue weighted by atomic mass is 10.1. The molecule has 2 N–H and O–H groups in total. The number of fused-ring (bicyclic) bond motifs is 1. The second-order valence-corrected chi connectivity index (χ2v) is 6.91. The van der Waals surface area contributed by atoms with Crippen molar-refractivity contribution in [1.82, 2.24) is 15.0 Å². The molecular weight excluding hydrogens is 362 g/mol. The molecule has 0 radical (unpaired) electrons. The van der Waals surface area contributed by atoms with E-state index in [0.717, 1.165) is 27.7 Å². The van der Waals surface area contributed by atoms with Gasteiger partial charge in [0.05, 0.1) is 11.2 Å². The van der Waals surface area contributed by atoms with Gasteiger partial charge in [0.2, 0.25) is 0 Å². The van der Waals surface area contributed by atoms with Crippen molar-refractivity contribution >= 4 is 34.0 Å². The lowest BCUT2D eigenvalue weighted by Gasteiger charge is -2.13. The van der Waals surface area contributed by atoms with Gasteiger partial charge in [0.1, 0.15) is 17.3 Å². The van der Waals surface area contributed by atoms with E-state index in [-0.39, 0.29) is 5.91 Å². The van der Waals surface area contributed by atoms with Gasteiger partial charge in [-0.05, 0) is 44.0 Å². The first-order valence-corrected chi connectivity index (χ1v) is 9.35. The van der Waals surface area contributed by atoms with Crippen molar-refractivity contribution in [2.45, 2.75) is 20.8 Å². The summed E-state index contributed by atoms with van der Waals surface area (Å²) in [6.45, 7) is 5.83. The van der Waals surface area contributed by atoms with E-state index in [1.807, 2.05) is 62.4 Å². The summed E-state index contributed by atoms with van der Waals surface area (Å²) in [5.41, 5.74) is 4.87. The van der Waals surface area contributed by atoms with Gasteiger partial charge >= 0.3 is 0 Å². The fraction of sp³-hybridized carbons (Fsp3) is 0.130. The molecule has 4 rings (SSSR count). The molecule has 0 unspecified atom stereocenters. The molecule has 2 aromatic carbocycles. The fourth-order valence-corrected chi connectivity index (χ4v) is 3.28. The molecule has 4 aromatic rings. The summed E-state index contributed by atoms with van der Waals surface area (Å²) in [4.78, 5) is 26.0. The van der Waals surface area contributed by atoms with E-state index in [4.69, 9.17) is 0 Å². The average Bonchev–Trinajstić information content (AvgIpc) is 2.71. The molecule has 6 nitrogen and oxygen atoms in total. The van der Waals surface area contributed by atoms with Crippen molar-refractivity contribution in [2.75, 3.05) is 10.6 Å². The Balaban J connectivity index is 1.64. The zero-order valence-corrected chi connectivity index (χ0v) is 16.5. The molecule has 0 spiro atoms. The number of aryl methyl sites for hydroxylation is 3. The number of carbonyl (C=O) groups excluding carboxylic acids is 1. The molecule has 0 aliphatic heterocycles. The summed E-state index contributed by atoms with van der Waals surface area (Å²) in [6, 6.07) is 17.2. The van der Waals surface area contributed by atoms with Gasteiger partial charge in [0, 0.05) is 23.3 Å². The van der Waals surface area contributed by atoms with E-state index in [9.17, 15) is 4.79 Å². The molecule has 0 aliphatic carbocycles. The highest BCUT2D eigenvalue weighted by Crippen LogP contribution is 2.24. The molecule has 0 bridgehead atoms. The standard InChI is InChI=1S/C23H21N5O/c1-14-7-4-8-15(2)21(14)28-20-13-19(25-16(3)26-20)23(29)27-18-11-5-9-17-10-6-12-24-22(17)18/h4-13H,1-3H3,(H,27,29)(H,25,26,28). The average molecular weight is 383 g/mol. The molecule has 0 saturated carbocycles. The third-order valence-electron chi connectivity index (χ3n) is 4.69. The number of nitrogens with one attached hydrogen (secondary N) is 2. The van der Waals surface area contributed by atoms with Crippen molar-refractivity contribution in [2.24, 2.45) is 0 Å². The Hall–Kier alpha value is -3.80. The fourth-order valence-electron chi connectivity index (χ4n) is 3.28. The van der Waals surface area contributed by atoms with Crippen LogP contribution in [0.1, 0.15) is 27.4 Å². The minimum Gasteiger partial charge on any atom is -0.340 e. The number of hydrogen-bond donors (Lipinski definition) is 2. The highest BCUT2D eigenvalue weighted by molar-refractivity contribution is 6.07. The summed E-state index contributed by atoms with van der Waals surface area (Å²) < 4.78 is 0. The first-order chi connectivity index (χ1) is 14.0. The molecule has 144 valence electrons. The number of hydrogen-bond acceptors (Lipinski definition) is 5. The third kappa shape index (κ3) is 3.91. The van der Waals surface area contributed by atoms with Gasteiger partial charge in [-0.25, -0.2) is 9.97 Å². The zero-order chi connectivity index (χ0) is 20.4. The number of para-hydroxylation sites is 2. The third-order valence-corrected chi connectivity index (χ3v) is 4.69. The van der Waals surface area contributed by atoms with Crippen LogP contribution in [0.3, 0.4) is 0 Å². The molecular formula is C23H21N5O. The van der Waals surface area contributed by atoms with Gasteiger partial charge < -0.3 is 10.6 Å². The Morgan fingerprint density at radius 3 is 2.41 bits per heavy atom. The summed E-state index contributed by atoms with van der Waals surface area (Å²) in [5.74, 6) is 0.789. The van der Waals surface area contributed by atoms with Crippen molar-refractivity contribution in [3.8, 4) is 0 Å². The molecule has 0 atom stereocenters. The van der Waals surface area contributed by atoms with Crippen molar-refractivity contribution < 1.29 is 4.79 Å². The molecule has 2 heterocycles. The SMILES string of the molecule is Cc1nc(Nc2c(C)cccc2C)cc(C(=O)Nc2cccc3cccnc23)n1. The maximum Gasteiger partial charge on any atom is 0.274 e. The maximum absolute atomic E-state index is 12.9. The predicted molar refractivity (Wildman–Crippen MR) is 116 cm³/mol. The Morgan fingerprint density at radius 2 is 1.62 bits per heavy atom. The van der Waals surface area contributed by atoms with Crippen LogP contribution in [-0.4, -0.2) is 20.9 Å². The van der Waals surface area contributed by atoms with Crippen LogP contribution < -0.4 is 10.6 Å². The molecule has 0 aliphatic rings. The van der Waals surface area contributed by atoms with E-state index in [0.29, 0.717) is 23.0 Å². The van der Waals surface area contributed by atoms with E-state index < -0.39 is 0 Å². The topological polar surface area (TPSA) is 79.8 Å². The summed E-state index contributed by atoms with van der Waals surface area (Å²) in [6.07, 6.45) is 1.71. The van der Waals surface area contributed by atoms with Crippen LogP contribution in [-0.2, 0) is 0 Å². The lowest BCUT2D eigenvalue weighted by molar-refractivity contribution is 0.102. The molecule has 1 amide bonds.